The molecule has 0 aliphatic heterocycles. The van der Waals surface area contributed by atoms with Crippen LogP contribution in [0, 0.1) is 23.2 Å². The van der Waals surface area contributed by atoms with Crippen molar-refractivity contribution in [1.29, 1.82) is 0 Å². The minimum absolute atomic E-state index is 0.0355. The van der Waals surface area contributed by atoms with Crippen molar-refractivity contribution in [3.05, 3.63) is 0 Å². The molecule has 1 N–H and O–H groups in total. The number of hydrogen-bond acceptors (Lipinski definition) is 5. The molecule has 2 fully saturated rings. The third-order valence-corrected chi connectivity index (χ3v) is 6.65. The van der Waals surface area contributed by atoms with Crippen molar-refractivity contribution in [2.24, 2.45) is 23.2 Å². The van der Waals surface area contributed by atoms with Gasteiger partial charge in [-0.15, -0.1) is 0 Å². The fraction of sp³-hybridized carbons (Fsp3) is 0.938. The van der Waals surface area contributed by atoms with E-state index in [2.05, 4.69) is 0 Å². The quantitative estimate of drug-likeness (QED) is 0.630. The number of carbonyl (C=O) groups excluding carboxylic acids is 1. The summed E-state index contributed by atoms with van der Waals surface area (Å²) in [6.45, 7) is 6.00. The maximum absolute atomic E-state index is 11.6. The number of carbonyl (C=O) groups is 1. The fourth-order valence-electron chi connectivity index (χ4n) is 4.36. The maximum Gasteiger partial charge on any atom is 0.264 e. The summed E-state index contributed by atoms with van der Waals surface area (Å²) in [5, 5.41) is 10.9. The van der Waals surface area contributed by atoms with Gasteiger partial charge in [0.2, 0.25) is 0 Å². The molecule has 5 atom stereocenters. The predicted molar refractivity (Wildman–Crippen MR) is 83.7 cm³/mol. The molecule has 0 aromatic heterocycles. The molecule has 0 spiro atoms. The van der Waals surface area contributed by atoms with Crippen molar-refractivity contribution in [1.82, 2.24) is 0 Å². The van der Waals surface area contributed by atoms with Crippen LogP contribution >= 0.6 is 0 Å². The average molecular weight is 332 g/mol. The van der Waals surface area contributed by atoms with Gasteiger partial charge in [-0.25, -0.2) is 0 Å². The third-order valence-electron chi connectivity index (χ3n) is 6.07. The molecule has 22 heavy (non-hydrogen) atoms. The second-order valence-corrected chi connectivity index (χ2v) is 9.34. The van der Waals surface area contributed by atoms with Crippen molar-refractivity contribution in [2.45, 2.75) is 64.6 Å². The van der Waals surface area contributed by atoms with Crippen LogP contribution < -0.4 is 0 Å². The first kappa shape index (κ1) is 17.9. The molecule has 0 amide bonds. The number of aldehydes is 1. The molecule has 5 nitrogen and oxygen atoms in total. The molecule has 6 heteroatoms. The van der Waals surface area contributed by atoms with E-state index in [0.29, 0.717) is 32.1 Å². The summed E-state index contributed by atoms with van der Waals surface area (Å²) in [4.78, 5) is 11.5. The van der Waals surface area contributed by atoms with E-state index < -0.39 is 21.8 Å². The Labute approximate surface area is 133 Å². The summed E-state index contributed by atoms with van der Waals surface area (Å²) >= 11 is 0. The first-order valence-corrected chi connectivity index (χ1v) is 9.89. The van der Waals surface area contributed by atoms with Crippen molar-refractivity contribution in [3.63, 3.8) is 0 Å². The van der Waals surface area contributed by atoms with Crippen LogP contribution in [0.2, 0.25) is 0 Å². The van der Waals surface area contributed by atoms with Crippen molar-refractivity contribution >= 4 is 16.4 Å². The lowest BCUT2D eigenvalue weighted by Gasteiger charge is -2.56. The highest BCUT2D eigenvalue weighted by molar-refractivity contribution is 7.86. The van der Waals surface area contributed by atoms with Crippen LogP contribution in [0.4, 0.5) is 0 Å². The fourth-order valence-corrected chi connectivity index (χ4v) is 5.10. The molecule has 0 aromatic rings. The van der Waals surface area contributed by atoms with E-state index >= 15 is 0 Å². The Morgan fingerprint density at radius 3 is 2.41 bits per heavy atom. The van der Waals surface area contributed by atoms with E-state index in [1.165, 1.54) is 0 Å². The van der Waals surface area contributed by atoms with E-state index in [0.717, 1.165) is 12.5 Å². The Hall–Kier alpha value is -0.460. The molecule has 0 radical (unpaired) electrons. The van der Waals surface area contributed by atoms with Gasteiger partial charge in [0, 0.05) is 5.92 Å². The highest BCUT2D eigenvalue weighted by atomic mass is 32.2. The van der Waals surface area contributed by atoms with Crippen LogP contribution in [0.3, 0.4) is 0 Å². The zero-order valence-electron chi connectivity index (χ0n) is 13.9. The molecule has 0 aromatic carbocycles. The third kappa shape index (κ3) is 3.24. The lowest BCUT2D eigenvalue weighted by Crippen LogP contribution is -2.56. The minimum Gasteiger partial charge on any atom is -0.390 e. The van der Waals surface area contributed by atoms with Gasteiger partial charge >= 0.3 is 0 Å². The second kappa shape index (κ2) is 5.87. The average Bonchev–Trinajstić information content (AvgIpc) is 2.39. The van der Waals surface area contributed by atoms with E-state index in [1.54, 1.807) is 0 Å². The SMILES string of the molecule is CC(C)[C@@]1(O)CC[C@]2(C)[C@@H](OS(C)(=O)=O)CC[C@@H](C=O)[C@H]2C1. The number of hydrogen-bond donors (Lipinski definition) is 1. The van der Waals surface area contributed by atoms with E-state index in [1.807, 2.05) is 20.8 Å². The number of fused-ring (bicyclic) bond motifs is 1. The van der Waals surface area contributed by atoms with E-state index in [-0.39, 0.29) is 23.2 Å². The monoisotopic (exact) mass is 332 g/mol. The second-order valence-electron chi connectivity index (χ2n) is 7.74. The maximum atomic E-state index is 11.6. The van der Waals surface area contributed by atoms with Gasteiger partial charge in [-0.3, -0.25) is 4.18 Å². The lowest BCUT2D eigenvalue weighted by atomic mass is 9.52. The zero-order chi connectivity index (χ0) is 16.8. The van der Waals surface area contributed by atoms with E-state index in [4.69, 9.17) is 4.18 Å². The summed E-state index contributed by atoms with van der Waals surface area (Å²) in [7, 11) is -3.53. The summed E-state index contributed by atoms with van der Waals surface area (Å²) in [5.41, 5.74) is -1.16. The van der Waals surface area contributed by atoms with Gasteiger partial charge in [-0.1, -0.05) is 20.8 Å². The summed E-state index contributed by atoms with van der Waals surface area (Å²) in [5.74, 6) is -0.0535. The zero-order valence-corrected chi connectivity index (χ0v) is 14.7. The van der Waals surface area contributed by atoms with Crippen LogP contribution in [-0.4, -0.2) is 37.8 Å². The van der Waals surface area contributed by atoms with Gasteiger partial charge in [0.1, 0.15) is 6.29 Å². The molecule has 0 heterocycles. The van der Waals surface area contributed by atoms with Crippen molar-refractivity contribution < 1.29 is 22.5 Å². The highest BCUT2D eigenvalue weighted by Crippen LogP contribution is 2.56. The van der Waals surface area contributed by atoms with Gasteiger partial charge in [0.05, 0.1) is 18.0 Å². The molecular formula is C16H28O5S. The van der Waals surface area contributed by atoms with Crippen LogP contribution in [0.1, 0.15) is 52.9 Å². The highest BCUT2D eigenvalue weighted by Gasteiger charge is 2.56. The lowest BCUT2D eigenvalue weighted by molar-refractivity contribution is -0.156. The van der Waals surface area contributed by atoms with Gasteiger partial charge in [0.15, 0.2) is 0 Å². The topological polar surface area (TPSA) is 80.7 Å². The normalized spacial score (nSPS) is 42.9. The van der Waals surface area contributed by atoms with Crippen LogP contribution in [0.25, 0.3) is 0 Å². The Balaban J connectivity index is 2.32. The first-order valence-electron chi connectivity index (χ1n) is 8.08. The van der Waals surface area contributed by atoms with Crippen molar-refractivity contribution in [3.8, 4) is 0 Å². The Morgan fingerprint density at radius 1 is 1.27 bits per heavy atom. The van der Waals surface area contributed by atoms with Crippen LogP contribution in [-0.2, 0) is 19.1 Å². The standard InChI is InChI=1S/C16H28O5S/c1-11(2)16(18)8-7-15(3)13(9-16)12(10-17)5-6-14(15)21-22(4,19)20/h10-14,18H,5-9H2,1-4H3/t12-,13+,14-,15-,16+/m0/s1. The molecule has 2 saturated carbocycles. The van der Waals surface area contributed by atoms with Crippen molar-refractivity contribution in [2.75, 3.05) is 6.26 Å². The predicted octanol–water partition coefficient (Wildman–Crippen LogP) is 2.13. The Bertz CT molecular complexity index is 529. The molecule has 0 unspecified atom stereocenters. The summed E-state index contributed by atoms with van der Waals surface area (Å²) in [6, 6.07) is 0. The number of aliphatic hydroxyl groups is 1. The molecule has 2 rings (SSSR count). The molecule has 0 bridgehead atoms. The Morgan fingerprint density at radius 2 is 1.91 bits per heavy atom. The number of rotatable bonds is 4. The van der Waals surface area contributed by atoms with Gasteiger partial charge in [0.25, 0.3) is 10.1 Å². The first-order chi connectivity index (χ1) is 10.0. The molecule has 2 aliphatic carbocycles. The van der Waals surface area contributed by atoms with E-state index in [9.17, 15) is 18.3 Å². The smallest absolute Gasteiger partial charge is 0.264 e. The minimum atomic E-state index is -3.53. The molecule has 0 saturated heterocycles. The van der Waals surface area contributed by atoms with Crippen LogP contribution in [0.5, 0.6) is 0 Å². The molecule has 128 valence electrons. The summed E-state index contributed by atoms with van der Waals surface area (Å²) < 4.78 is 28.5. The summed E-state index contributed by atoms with van der Waals surface area (Å²) in [6.07, 6.45) is 4.68. The van der Waals surface area contributed by atoms with Gasteiger partial charge in [-0.05, 0) is 49.4 Å². The van der Waals surface area contributed by atoms with Gasteiger partial charge in [-0.2, -0.15) is 8.42 Å². The van der Waals surface area contributed by atoms with Crippen LogP contribution in [0.15, 0.2) is 0 Å². The molecular weight excluding hydrogens is 304 g/mol. The Kier molecular flexibility index (Phi) is 4.78. The molecule has 2 aliphatic rings. The van der Waals surface area contributed by atoms with Gasteiger partial charge < -0.3 is 9.90 Å². The largest absolute Gasteiger partial charge is 0.390 e.